The van der Waals surface area contributed by atoms with E-state index in [2.05, 4.69) is 30.5 Å². The number of hydrogen-bond acceptors (Lipinski definition) is 16. The fraction of sp³-hybridized carbons (Fsp3) is 0.0500. The van der Waals surface area contributed by atoms with Gasteiger partial charge in [0.05, 0.1) is 22.6 Å². The molecule has 0 atom stereocenters. The van der Waals surface area contributed by atoms with E-state index in [1.807, 2.05) is 0 Å². The number of phenols is 1. The SMILES string of the molecule is COc1nc(Cl)nc(Nc2cc(S(=O)(=O)O)cc3cc(S(=O)(=O)O)c(N=Nc4ccc([N+](=O)[O-])cc4S(=O)(=O)O)c(O)c23)n1. The number of nitrogens with zero attached hydrogens (tertiary/aromatic N) is 6. The summed E-state index contributed by atoms with van der Waals surface area (Å²) in [6.45, 7) is 0. The standard InChI is InChI=1S/C20H14ClN7O13S3/c1-41-20-24-18(21)23-19(25-20)22-12-7-10(42(32,33)34)4-8-5-14(44(38,39)40)16(17(29)15(8)12)27-26-11-3-2-9(28(30)31)6-13(11)43(35,36)37/h2-7,29H,1H3,(H,32,33,34)(H,35,36,37)(H,38,39,40)(H,22,23,24,25). The Bertz CT molecular complexity index is 2230. The van der Waals surface area contributed by atoms with Gasteiger partial charge in [-0.3, -0.25) is 23.8 Å². The van der Waals surface area contributed by atoms with Crippen molar-refractivity contribution in [3.05, 3.63) is 51.8 Å². The van der Waals surface area contributed by atoms with Crippen molar-refractivity contribution in [2.24, 2.45) is 10.2 Å². The average molecular weight is 692 g/mol. The molecule has 44 heavy (non-hydrogen) atoms. The number of azo groups is 1. The van der Waals surface area contributed by atoms with E-state index >= 15 is 0 Å². The Morgan fingerprint density at radius 2 is 1.57 bits per heavy atom. The van der Waals surface area contributed by atoms with Crippen LogP contribution in [0.15, 0.2) is 61.3 Å². The number of phenolic OH excluding ortho intramolecular Hbond substituents is 1. The minimum Gasteiger partial charge on any atom is -0.505 e. The van der Waals surface area contributed by atoms with E-state index in [1.54, 1.807) is 0 Å². The third-order valence-corrected chi connectivity index (χ3v) is 8.16. The number of methoxy groups -OCH3 is 1. The lowest BCUT2D eigenvalue weighted by atomic mass is 10.1. The second kappa shape index (κ2) is 11.5. The number of nitro benzene ring substituents is 1. The molecule has 0 radical (unpaired) electrons. The van der Waals surface area contributed by atoms with E-state index in [9.17, 15) is 54.1 Å². The maximum atomic E-state index is 12.3. The molecule has 1 aromatic heterocycles. The van der Waals surface area contributed by atoms with Crippen LogP contribution in [-0.4, -0.2) is 71.0 Å². The summed E-state index contributed by atoms with van der Waals surface area (Å²) in [6, 6.07) is 3.74. The van der Waals surface area contributed by atoms with Crippen LogP contribution in [0.2, 0.25) is 5.28 Å². The van der Waals surface area contributed by atoms with Gasteiger partial charge in [-0.1, -0.05) is 0 Å². The maximum absolute atomic E-state index is 12.3. The number of ether oxygens (including phenoxy) is 1. The average Bonchev–Trinajstić information content (AvgIpc) is 2.90. The van der Waals surface area contributed by atoms with Gasteiger partial charge in [0.25, 0.3) is 36.0 Å². The first-order valence-electron chi connectivity index (χ1n) is 11.0. The number of nitrogens with one attached hydrogen (secondary N) is 1. The number of aromatic nitrogens is 3. The normalized spacial score (nSPS) is 12.5. The summed E-state index contributed by atoms with van der Waals surface area (Å²) in [7, 11) is -14.3. The molecule has 0 saturated heterocycles. The van der Waals surface area contributed by atoms with Crippen molar-refractivity contribution in [1.82, 2.24) is 15.0 Å². The van der Waals surface area contributed by atoms with Gasteiger partial charge in [0.2, 0.25) is 11.2 Å². The summed E-state index contributed by atoms with van der Waals surface area (Å²) in [5.74, 6) is -1.52. The molecule has 3 aromatic carbocycles. The molecule has 232 valence electrons. The molecule has 0 unspecified atom stereocenters. The zero-order chi connectivity index (χ0) is 32.8. The maximum Gasteiger partial charge on any atom is 0.322 e. The van der Waals surface area contributed by atoms with Gasteiger partial charge in [-0.05, 0) is 41.3 Å². The number of halogens is 1. The van der Waals surface area contributed by atoms with Crippen LogP contribution in [0, 0.1) is 10.1 Å². The van der Waals surface area contributed by atoms with Gasteiger partial charge < -0.3 is 15.2 Å². The summed E-state index contributed by atoms with van der Waals surface area (Å²) in [6.07, 6.45) is 0. The van der Waals surface area contributed by atoms with Crippen molar-refractivity contribution in [3.63, 3.8) is 0 Å². The zero-order valence-corrected chi connectivity index (χ0v) is 24.4. The van der Waals surface area contributed by atoms with E-state index < -0.39 is 100 Å². The quantitative estimate of drug-likeness (QED) is 0.0727. The molecule has 0 aliphatic rings. The number of hydrogen-bond donors (Lipinski definition) is 5. The molecule has 0 saturated carbocycles. The van der Waals surface area contributed by atoms with Gasteiger partial charge in [-0.15, -0.1) is 10.2 Å². The molecule has 20 nitrogen and oxygen atoms in total. The number of aromatic hydroxyl groups is 1. The van der Waals surface area contributed by atoms with Crippen molar-refractivity contribution < 1.29 is 53.7 Å². The summed E-state index contributed by atoms with van der Waals surface area (Å²) >= 11 is 5.83. The smallest absolute Gasteiger partial charge is 0.322 e. The predicted molar refractivity (Wildman–Crippen MR) is 147 cm³/mol. The van der Waals surface area contributed by atoms with Crippen LogP contribution in [0.5, 0.6) is 11.8 Å². The first kappa shape index (κ1) is 32.3. The fourth-order valence-electron chi connectivity index (χ4n) is 3.61. The highest BCUT2D eigenvalue weighted by Gasteiger charge is 2.27. The predicted octanol–water partition coefficient (Wildman–Crippen LogP) is 3.20. The summed E-state index contributed by atoms with van der Waals surface area (Å²) in [4.78, 5) is 18.2. The lowest BCUT2D eigenvalue weighted by Gasteiger charge is -2.15. The zero-order valence-electron chi connectivity index (χ0n) is 21.2. The third-order valence-electron chi connectivity index (χ3n) is 5.41. The van der Waals surface area contributed by atoms with Gasteiger partial charge in [-0.25, -0.2) is 0 Å². The van der Waals surface area contributed by atoms with Gasteiger partial charge in [0, 0.05) is 17.5 Å². The highest BCUT2D eigenvalue weighted by Crippen LogP contribution is 2.46. The van der Waals surface area contributed by atoms with Crippen LogP contribution in [0.3, 0.4) is 0 Å². The minimum absolute atomic E-state index is 0.312. The second-order valence-corrected chi connectivity index (χ2v) is 12.8. The van der Waals surface area contributed by atoms with Gasteiger partial charge >= 0.3 is 6.01 Å². The van der Waals surface area contributed by atoms with Crippen LogP contribution in [-0.2, 0) is 30.4 Å². The van der Waals surface area contributed by atoms with E-state index in [-0.39, 0.29) is 6.01 Å². The lowest BCUT2D eigenvalue weighted by molar-refractivity contribution is -0.385. The molecule has 0 aliphatic carbocycles. The Kier molecular flexibility index (Phi) is 8.40. The summed E-state index contributed by atoms with van der Waals surface area (Å²) in [5.41, 5.74) is -3.01. The van der Waals surface area contributed by atoms with Crippen molar-refractivity contribution in [2.45, 2.75) is 14.7 Å². The largest absolute Gasteiger partial charge is 0.505 e. The molecule has 0 amide bonds. The topological polar surface area (TPSA) is 311 Å². The number of rotatable bonds is 9. The number of fused-ring (bicyclic) bond motifs is 1. The molecule has 0 spiro atoms. The van der Waals surface area contributed by atoms with Crippen molar-refractivity contribution in [2.75, 3.05) is 12.4 Å². The Balaban J connectivity index is 2.05. The molecule has 0 fully saturated rings. The highest BCUT2D eigenvalue weighted by atomic mass is 35.5. The van der Waals surface area contributed by atoms with Gasteiger partial charge in [0.1, 0.15) is 21.2 Å². The van der Waals surface area contributed by atoms with Crippen LogP contribution >= 0.6 is 11.6 Å². The van der Waals surface area contributed by atoms with Crippen LogP contribution in [0.4, 0.5) is 28.7 Å². The second-order valence-electron chi connectivity index (χ2n) is 8.21. The minimum atomic E-state index is -5.31. The first-order chi connectivity index (χ1) is 20.3. The van der Waals surface area contributed by atoms with Crippen LogP contribution in [0.25, 0.3) is 10.8 Å². The molecule has 0 bridgehead atoms. The number of non-ortho nitro benzene ring substituents is 1. The Hall–Kier alpha value is -4.65. The van der Waals surface area contributed by atoms with Crippen molar-refractivity contribution in [1.29, 1.82) is 0 Å². The lowest BCUT2D eigenvalue weighted by Crippen LogP contribution is -2.05. The molecule has 0 aliphatic heterocycles. The monoisotopic (exact) mass is 691 g/mol. The van der Waals surface area contributed by atoms with E-state index in [1.165, 1.54) is 7.11 Å². The Morgan fingerprint density at radius 3 is 2.14 bits per heavy atom. The highest BCUT2D eigenvalue weighted by molar-refractivity contribution is 7.86. The van der Waals surface area contributed by atoms with Gasteiger partial charge in [-0.2, -0.15) is 40.2 Å². The molecule has 1 heterocycles. The summed E-state index contributed by atoms with van der Waals surface area (Å²) in [5, 5.41) is 30.5. The third kappa shape index (κ3) is 6.77. The van der Waals surface area contributed by atoms with Crippen molar-refractivity contribution >= 4 is 81.4 Å². The first-order valence-corrected chi connectivity index (χ1v) is 15.7. The van der Waals surface area contributed by atoms with Crippen molar-refractivity contribution in [3.8, 4) is 11.8 Å². The Labute approximate surface area is 250 Å². The number of anilines is 2. The van der Waals surface area contributed by atoms with E-state index in [0.717, 1.165) is 24.3 Å². The number of nitro groups is 1. The van der Waals surface area contributed by atoms with Gasteiger partial charge in [0.15, 0.2) is 5.75 Å². The number of benzene rings is 3. The van der Waals surface area contributed by atoms with Crippen LogP contribution in [0.1, 0.15) is 0 Å². The molecular weight excluding hydrogens is 678 g/mol. The molecule has 4 aromatic rings. The van der Waals surface area contributed by atoms with Crippen LogP contribution < -0.4 is 10.1 Å². The molecule has 4 rings (SSSR count). The van der Waals surface area contributed by atoms with E-state index in [4.69, 9.17) is 16.3 Å². The summed E-state index contributed by atoms with van der Waals surface area (Å²) < 4.78 is 106. The fourth-order valence-corrected chi connectivity index (χ4v) is 5.61. The molecule has 24 heteroatoms. The Morgan fingerprint density at radius 1 is 0.909 bits per heavy atom. The molecular formula is C20H14ClN7O13S3. The molecule has 5 N–H and O–H groups in total. The van der Waals surface area contributed by atoms with E-state index in [0.29, 0.717) is 12.1 Å².